The first-order chi connectivity index (χ1) is 11.3. The molecule has 0 aromatic carbocycles. The number of carbonyl (C=O) groups excluding carboxylic acids is 4. The maximum absolute atomic E-state index is 8.12. The number of anilines is 1. The Morgan fingerprint density at radius 2 is 1.29 bits per heavy atom. The fourth-order valence-electron chi connectivity index (χ4n) is 1.80. The molecule has 8 heteroatoms. The van der Waals surface area contributed by atoms with Crippen LogP contribution in [0.1, 0.15) is 36.1 Å². The standard InChI is InChI=1S/C7H9IS.C7H11NS.2CO2/c2*1-3-6-5(2)4-9-7(6)8;2*2-1-3/h4H,3H2,1-2H3;4H,3,8H2,1-2H3;;. The number of halogens is 1. The van der Waals surface area contributed by atoms with Crippen LogP contribution in [0.3, 0.4) is 0 Å². The van der Waals surface area contributed by atoms with E-state index in [0.29, 0.717) is 0 Å². The molecule has 132 valence electrons. The van der Waals surface area contributed by atoms with E-state index in [1.807, 2.05) is 11.3 Å². The predicted octanol–water partition coefficient (Wildman–Crippen LogP) is 4.26. The zero-order valence-corrected chi connectivity index (χ0v) is 17.8. The van der Waals surface area contributed by atoms with Crippen LogP contribution in [-0.2, 0) is 32.0 Å². The Bertz CT molecular complexity index is 570. The molecule has 2 heterocycles. The summed E-state index contributed by atoms with van der Waals surface area (Å²) in [5.41, 5.74) is 11.3. The molecule has 0 unspecified atom stereocenters. The Hall–Kier alpha value is -1.31. The second-order valence-corrected chi connectivity index (χ2v) is 7.91. The number of hydrogen-bond donors (Lipinski definition) is 1. The van der Waals surface area contributed by atoms with Crippen molar-refractivity contribution in [3.63, 3.8) is 0 Å². The van der Waals surface area contributed by atoms with E-state index in [1.165, 1.54) is 31.6 Å². The van der Waals surface area contributed by atoms with Crippen LogP contribution in [0, 0.1) is 16.7 Å². The van der Waals surface area contributed by atoms with Gasteiger partial charge in [-0.15, -0.1) is 22.7 Å². The van der Waals surface area contributed by atoms with E-state index in [2.05, 4.69) is 61.0 Å². The molecule has 0 fully saturated rings. The number of nitrogens with two attached hydrogens (primary N) is 1. The minimum Gasteiger partial charge on any atom is -0.390 e. The zero-order chi connectivity index (χ0) is 19.1. The minimum absolute atomic E-state index is 0.250. The normalized spacial score (nSPS) is 8.21. The first kappa shape index (κ1) is 24.9. The van der Waals surface area contributed by atoms with E-state index in [0.717, 1.165) is 11.4 Å². The van der Waals surface area contributed by atoms with Crippen molar-refractivity contribution < 1.29 is 19.2 Å². The highest BCUT2D eigenvalue weighted by Gasteiger charge is 2.01. The molecule has 0 aliphatic carbocycles. The molecule has 2 aromatic rings. The van der Waals surface area contributed by atoms with Gasteiger partial charge in [-0.3, -0.25) is 0 Å². The van der Waals surface area contributed by atoms with Crippen LogP contribution in [0.2, 0.25) is 0 Å². The highest BCUT2D eigenvalue weighted by molar-refractivity contribution is 14.1. The Balaban J connectivity index is 0. The Morgan fingerprint density at radius 1 is 0.917 bits per heavy atom. The number of rotatable bonds is 2. The van der Waals surface area contributed by atoms with Crippen LogP contribution in [0.25, 0.3) is 0 Å². The minimum atomic E-state index is 0.250. The summed E-state index contributed by atoms with van der Waals surface area (Å²) in [7, 11) is 0. The van der Waals surface area contributed by atoms with E-state index in [1.54, 1.807) is 11.3 Å². The molecule has 0 amide bonds. The molecular formula is C16H20INO4S2. The molecule has 0 bridgehead atoms. The number of aryl methyl sites for hydroxylation is 2. The van der Waals surface area contributed by atoms with Gasteiger partial charge in [0.05, 0.1) is 7.88 Å². The number of hydrogen-bond acceptors (Lipinski definition) is 7. The third-order valence-corrected chi connectivity index (χ3v) is 6.21. The Kier molecular flexibility index (Phi) is 15.8. The maximum Gasteiger partial charge on any atom is 0.373 e. The van der Waals surface area contributed by atoms with Gasteiger partial charge in [-0.2, -0.15) is 19.2 Å². The lowest BCUT2D eigenvalue weighted by molar-refractivity contribution is -0.193. The van der Waals surface area contributed by atoms with Crippen molar-refractivity contribution >= 4 is 62.6 Å². The number of thiophene rings is 2. The summed E-state index contributed by atoms with van der Waals surface area (Å²) in [6, 6.07) is 0. The third-order valence-electron chi connectivity index (χ3n) is 2.90. The van der Waals surface area contributed by atoms with Crippen molar-refractivity contribution in [2.75, 3.05) is 5.73 Å². The zero-order valence-electron chi connectivity index (χ0n) is 14.0. The van der Waals surface area contributed by atoms with Crippen LogP contribution in [0.5, 0.6) is 0 Å². The molecule has 2 aromatic heterocycles. The van der Waals surface area contributed by atoms with Crippen LogP contribution in [-0.4, -0.2) is 12.3 Å². The molecular weight excluding hydrogens is 461 g/mol. The third kappa shape index (κ3) is 9.75. The van der Waals surface area contributed by atoms with E-state index in [4.69, 9.17) is 24.9 Å². The van der Waals surface area contributed by atoms with E-state index in [9.17, 15) is 0 Å². The van der Waals surface area contributed by atoms with E-state index < -0.39 is 0 Å². The quantitative estimate of drug-likeness (QED) is 0.647. The van der Waals surface area contributed by atoms with Crippen molar-refractivity contribution in [1.29, 1.82) is 0 Å². The van der Waals surface area contributed by atoms with Gasteiger partial charge in [-0.1, -0.05) is 13.8 Å². The van der Waals surface area contributed by atoms with Crippen molar-refractivity contribution in [2.24, 2.45) is 0 Å². The van der Waals surface area contributed by atoms with Gasteiger partial charge in [0.1, 0.15) is 0 Å². The first-order valence-electron chi connectivity index (χ1n) is 6.87. The number of nitrogen functional groups attached to an aromatic ring is 1. The monoisotopic (exact) mass is 481 g/mol. The van der Waals surface area contributed by atoms with Gasteiger partial charge in [0.2, 0.25) is 0 Å². The summed E-state index contributed by atoms with van der Waals surface area (Å²) < 4.78 is 1.45. The smallest absolute Gasteiger partial charge is 0.373 e. The molecule has 24 heavy (non-hydrogen) atoms. The topological polar surface area (TPSA) is 94.3 Å². The molecule has 0 saturated carbocycles. The highest BCUT2D eigenvalue weighted by Crippen LogP contribution is 2.24. The molecule has 2 N–H and O–H groups in total. The molecule has 0 aliphatic rings. The fourth-order valence-corrected chi connectivity index (χ4v) is 4.75. The summed E-state index contributed by atoms with van der Waals surface area (Å²) >= 11 is 5.88. The van der Waals surface area contributed by atoms with Gasteiger partial charge >= 0.3 is 12.3 Å². The average Bonchev–Trinajstić information content (AvgIpc) is 3.03. The molecule has 0 atom stereocenters. The SMILES string of the molecule is CCc1c(C)csc1I.CCc1c(C)csc1N.O=C=O.O=C=O. The molecule has 0 radical (unpaired) electrons. The van der Waals surface area contributed by atoms with E-state index >= 15 is 0 Å². The summed E-state index contributed by atoms with van der Waals surface area (Å²) in [4.78, 5) is 32.5. The molecule has 0 saturated heterocycles. The molecule has 0 aliphatic heterocycles. The van der Waals surface area contributed by atoms with Gasteiger partial charge in [-0.25, -0.2) is 0 Å². The van der Waals surface area contributed by atoms with Crippen molar-refractivity contribution in [2.45, 2.75) is 40.5 Å². The summed E-state index contributed by atoms with van der Waals surface area (Å²) in [5.74, 6) is 0. The predicted molar refractivity (Wildman–Crippen MR) is 104 cm³/mol. The lowest BCUT2D eigenvalue weighted by Crippen LogP contribution is -1.87. The van der Waals surface area contributed by atoms with Gasteiger partial charge in [-0.05, 0) is 82.3 Å². The maximum atomic E-state index is 8.12. The summed E-state index contributed by atoms with van der Waals surface area (Å²) in [6.07, 6.45) is 2.73. The van der Waals surface area contributed by atoms with Crippen molar-refractivity contribution in [3.8, 4) is 0 Å². The van der Waals surface area contributed by atoms with Crippen molar-refractivity contribution in [3.05, 3.63) is 35.9 Å². The van der Waals surface area contributed by atoms with Crippen LogP contribution >= 0.6 is 45.3 Å². The summed E-state index contributed by atoms with van der Waals surface area (Å²) in [5, 5.41) is 5.31. The average molecular weight is 481 g/mol. The van der Waals surface area contributed by atoms with Gasteiger partial charge in [0.15, 0.2) is 0 Å². The van der Waals surface area contributed by atoms with E-state index in [-0.39, 0.29) is 12.3 Å². The van der Waals surface area contributed by atoms with Crippen molar-refractivity contribution in [1.82, 2.24) is 0 Å². The van der Waals surface area contributed by atoms with Crippen LogP contribution in [0.15, 0.2) is 10.8 Å². The molecule has 0 spiro atoms. The molecule has 2 rings (SSSR count). The molecule has 5 nitrogen and oxygen atoms in total. The Labute approximate surface area is 163 Å². The second kappa shape index (κ2) is 15.2. The van der Waals surface area contributed by atoms with Gasteiger partial charge in [0, 0.05) is 0 Å². The Morgan fingerprint density at radius 3 is 1.46 bits per heavy atom. The lowest BCUT2D eigenvalue weighted by atomic mass is 10.2. The lowest BCUT2D eigenvalue weighted by Gasteiger charge is -1.93. The fraction of sp³-hybridized carbons (Fsp3) is 0.375. The van der Waals surface area contributed by atoms with Gasteiger partial charge in [0.25, 0.3) is 0 Å². The highest BCUT2D eigenvalue weighted by atomic mass is 127. The second-order valence-electron chi connectivity index (χ2n) is 4.31. The van der Waals surface area contributed by atoms with Crippen LogP contribution in [0.4, 0.5) is 5.00 Å². The largest absolute Gasteiger partial charge is 0.390 e. The summed E-state index contributed by atoms with van der Waals surface area (Å²) in [6.45, 7) is 8.62. The first-order valence-corrected chi connectivity index (χ1v) is 9.71. The van der Waals surface area contributed by atoms with Crippen LogP contribution < -0.4 is 5.73 Å². The van der Waals surface area contributed by atoms with Gasteiger partial charge < -0.3 is 5.73 Å².